The van der Waals surface area contributed by atoms with Gasteiger partial charge in [0, 0.05) is 17.5 Å². The van der Waals surface area contributed by atoms with Gasteiger partial charge in [-0.05, 0) is 15.9 Å². The Kier molecular flexibility index (Phi) is 2.79. The molecule has 2 rings (SSSR count). The average Bonchev–Trinajstić information content (AvgIpc) is 2.49. The van der Waals surface area contributed by atoms with Crippen LogP contribution in [0.25, 0.3) is 11.3 Å². The lowest BCUT2D eigenvalue weighted by atomic mass is 10.1. The number of nitrogens with zero attached hydrogens (tertiary/aromatic N) is 1. The lowest BCUT2D eigenvalue weighted by molar-refractivity contribution is 0.547. The molecule has 0 aliphatic rings. The lowest BCUT2D eigenvalue weighted by Gasteiger charge is -2.01. The van der Waals surface area contributed by atoms with Crippen LogP contribution in [0.1, 0.15) is 0 Å². The average molecular weight is 294 g/mol. The highest BCUT2D eigenvalue weighted by molar-refractivity contribution is 9.11. The Balaban J connectivity index is 2.62. The minimum atomic E-state index is -0.953. The molecular weight excluding hydrogens is 291 g/mol. The topological polar surface area (TPSA) is 12.9 Å². The molecule has 0 atom stereocenters. The van der Waals surface area contributed by atoms with Gasteiger partial charge in [0.2, 0.25) is 0 Å². The predicted octanol–water partition coefficient (Wildman–Crippen LogP) is 3.99. The van der Waals surface area contributed by atoms with Gasteiger partial charge in [-0.15, -0.1) is 11.3 Å². The first-order valence-corrected chi connectivity index (χ1v) is 5.51. The third-order valence-corrected chi connectivity index (χ3v) is 3.10. The molecule has 6 heteroatoms. The van der Waals surface area contributed by atoms with Crippen LogP contribution in [0.2, 0.25) is 0 Å². The van der Waals surface area contributed by atoms with Crippen LogP contribution in [0.3, 0.4) is 0 Å². The Labute approximate surface area is 95.7 Å². The molecule has 0 bridgehead atoms. The van der Waals surface area contributed by atoms with E-state index in [4.69, 9.17) is 0 Å². The highest BCUT2D eigenvalue weighted by Gasteiger charge is 2.15. The van der Waals surface area contributed by atoms with Gasteiger partial charge < -0.3 is 0 Å². The molecule has 1 aromatic carbocycles. The van der Waals surface area contributed by atoms with E-state index >= 15 is 0 Å². The van der Waals surface area contributed by atoms with Gasteiger partial charge in [0.1, 0.15) is 17.5 Å². The maximum absolute atomic E-state index is 13.3. The first kappa shape index (κ1) is 10.6. The zero-order valence-corrected chi connectivity index (χ0v) is 9.50. The number of hydrogen-bond donors (Lipinski definition) is 0. The molecule has 2 aromatic rings. The van der Waals surface area contributed by atoms with Crippen LogP contribution in [0.5, 0.6) is 0 Å². The molecule has 0 fully saturated rings. The predicted molar refractivity (Wildman–Crippen MR) is 55.1 cm³/mol. The molecule has 0 amide bonds. The van der Waals surface area contributed by atoms with Crippen molar-refractivity contribution in [2.75, 3.05) is 0 Å². The summed E-state index contributed by atoms with van der Waals surface area (Å²) in [4.78, 5) is 3.86. The fourth-order valence-electron chi connectivity index (χ4n) is 1.15. The second-order valence-corrected chi connectivity index (χ2v) is 4.86. The molecule has 0 unspecified atom stereocenters. The highest BCUT2D eigenvalue weighted by Crippen LogP contribution is 2.29. The SMILES string of the molecule is Fc1cc(F)c(-c2csc(Br)n2)c(F)c1. The largest absolute Gasteiger partial charge is 0.229 e. The van der Waals surface area contributed by atoms with E-state index in [1.54, 1.807) is 0 Å². The highest BCUT2D eigenvalue weighted by atomic mass is 79.9. The number of benzene rings is 1. The van der Waals surface area contributed by atoms with E-state index in [1.165, 1.54) is 16.7 Å². The molecule has 0 spiro atoms. The quantitative estimate of drug-likeness (QED) is 0.775. The Morgan fingerprint density at radius 3 is 2.20 bits per heavy atom. The van der Waals surface area contributed by atoms with E-state index < -0.39 is 17.5 Å². The van der Waals surface area contributed by atoms with Crippen LogP contribution in [0.4, 0.5) is 13.2 Å². The summed E-state index contributed by atoms with van der Waals surface area (Å²) in [6.45, 7) is 0. The summed E-state index contributed by atoms with van der Waals surface area (Å²) in [6, 6.07) is 1.26. The van der Waals surface area contributed by atoms with E-state index in [-0.39, 0.29) is 11.3 Å². The second kappa shape index (κ2) is 3.94. The fraction of sp³-hybridized carbons (Fsp3) is 0. The summed E-state index contributed by atoms with van der Waals surface area (Å²) in [5.74, 6) is -2.85. The van der Waals surface area contributed by atoms with Crippen molar-refractivity contribution in [3.05, 3.63) is 38.9 Å². The molecule has 0 N–H and O–H groups in total. The van der Waals surface area contributed by atoms with E-state index in [0.29, 0.717) is 16.0 Å². The van der Waals surface area contributed by atoms with E-state index in [1.807, 2.05) is 0 Å². The molecule has 0 aliphatic heterocycles. The standard InChI is InChI=1S/C9H3BrF3NS/c10-9-14-7(3-15-9)8-5(12)1-4(11)2-6(8)13/h1-3H. The Hall–Kier alpha value is -0.880. The molecule has 15 heavy (non-hydrogen) atoms. The van der Waals surface area contributed by atoms with Gasteiger partial charge in [-0.25, -0.2) is 18.2 Å². The summed E-state index contributed by atoms with van der Waals surface area (Å²) in [6.07, 6.45) is 0. The van der Waals surface area contributed by atoms with Gasteiger partial charge in [-0.3, -0.25) is 0 Å². The number of thiazole rings is 1. The first-order chi connectivity index (χ1) is 7.08. The smallest absolute Gasteiger partial charge is 0.159 e. The number of rotatable bonds is 1. The number of halogens is 4. The summed E-state index contributed by atoms with van der Waals surface area (Å²) < 4.78 is 39.7. The van der Waals surface area contributed by atoms with Crippen LogP contribution >= 0.6 is 27.3 Å². The van der Waals surface area contributed by atoms with Gasteiger partial charge in [0.25, 0.3) is 0 Å². The molecule has 0 saturated carbocycles. The lowest BCUT2D eigenvalue weighted by Crippen LogP contribution is -1.92. The molecule has 0 radical (unpaired) electrons. The van der Waals surface area contributed by atoms with Crippen molar-refractivity contribution >= 4 is 27.3 Å². The maximum atomic E-state index is 13.3. The summed E-state index contributed by atoms with van der Waals surface area (Å²) in [5, 5.41) is 1.49. The molecule has 1 heterocycles. The van der Waals surface area contributed by atoms with Gasteiger partial charge in [0.05, 0.1) is 11.3 Å². The summed E-state index contributed by atoms with van der Waals surface area (Å²) >= 11 is 4.28. The van der Waals surface area contributed by atoms with E-state index in [2.05, 4.69) is 20.9 Å². The van der Waals surface area contributed by atoms with Crippen molar-refractivity contribution in [1.29, 1.82) is 0 Å². The van der Waals surface area contributed by atoms with Crippen LogP contribution < -0.4 is 0 Å². The van der Waals surface area contributed by atoms with Crippen molar-refractivity contribution in [2.45, 2.75) is 0 Å². The number of hydrogen-bond acceptors (Lipinski definition) is 2. The molecule has 0 saturated heterocycles. The number of aromatic nitrogens is 1. The minimum absolute atomic E-state index is 0.155. The van der Waals surface area contributed by atoms with Crippen molar-refractivity contribution in [3.63, 3.8) is 0 Å². The molecule has 0 aliphatic carbocycles. The summed E-state index contributed by atoms with van der Waals surface area (Å²) in [5.41, 5.74) is -0.153. The van der Waals surface area contributed by atoms with E-state index in [0.717, 1.165) is 0 Å². The molecule has 78 valence electrons. The maximum Gasteiger partial charge on any atom is 0.159 e. The van der Waals surface area contributed by atoms with Crippen LogP contribution in [-0.2, 0) is 0 Å². The Morgan fingerprint density at radius 2 is 1.73 bits per heavy atom. The van der Waals surface area contributed by atoms with Gasteiger partial charge >= 0.3 is 0 Å². The Morgan fingerprint density at radius 1 is 1.13 bits per heavy atom. The van der Waals surface area contributed by atoms with Crippen molar-refractivity contribution < 1.29 is 13.2 Å². The van der Waals surface area contributed by atoms with Gasteiger partial charge in [-0.2, -0.15) is 0 Å². The van der Waals surface area contributed by atoms with Crippen LogP contribution in [-0.4, -0.2) is 4.98 Å². The molecule has 1 nitrogen and oxygen atoms in total. The first-order valence-electron chi connectivity index (χ1n) is 3.84. The fourth-order valence-corrected chi connectivity index (χ4v) is 2.16. The second-order valence-electron chi connectivity index (χ2n) is 2.73. The van der Waals surface area contributed by atoms with Crippen LogP contribution in [0, 0.1) is 17.5 Å². The zero-order valence-electron chi connectivity index (χ0n) is 7.10. The van der Waals surface area contributed by atoms with Gasteiger partial charge in [0.15, 0.2) is 3.92 Å². The molecular formula is C9H3BrF3NS. The van der Waals surface area contributed by atoms with Crippen LogP contribution in [0.15, 0.2) is 21.4 Å². The van der Waals surface area contributed by atoms with E-state index in [9.17, 15) is 13.2 Å². The zero-order chi connectivity index (χ0) is 11.0. The monoisotopic (exact) mass is 293 g/mol. The van der Waals surface area contributed by atoms with Crippen molar-refractivity contribution in [1.82, 2.24) is 4.98 Å². The third-order valence-electron chi connectivity index (χ3n) is 1.74. The Bertz CT molecular complexity index is 489. The van der Waals surface area contributed by atoms with Gasteiger partial charge in [-0.1, -0.05) is 0 Å². The van der Waals surface area contributed by atoms with Crippen molar-refractivity contribution in [3.8, 4) is 11.3 Å². The normalized spacial score (nSPS) is 10.7. The summed E-state index contributed by atoms with van der Waals surface area (Å²) in [7, 11) is 0. The molecule has 1 aromatic heterocycles. The minimum Gasteiger partial charge on any atom is -0.229 e. The third kappa shape index (κ3) is 2.05. The van der Waals surface area contributed by atoms with Crippen molar-refractivity contribution in [2.24, 2.45) is 0 Å².